The van der Waals surface area contributed by atoms with Gasteiger partial charge in [0.25, 0.3) is 11.8 Å². The van der Waals surface area contributed by atoms with Gasteiger partial charge in [0.15, 0.2) is 0 Å². The summed E-state index contributed by atoms with van der Waals surface area (Å²) >= 11 is 5.79. The van der Waals surface area contributed by atoms with Gasteiger partial charge in [-0.2, -0.15) is 0 Å². The number of amides is 2. The third-order valence-electron chi connectivity index (χ3n) is 5.81. The molecule has 29 heavy (non-hydrogen) atoms. The van der Waals surface area contributed by atoms with Crippen LogP contribution < -0.4 is 5.32 Å². The summed E-state index contributed by atoms with van der Waals surface area (Å²) in [5.41, 5.74) is -1.72. The highest BCUT2D eigenvalue weighted by Crippen LogP contribution is 2.32. The Kier molecular flexibility index (Phi) is 6.43. The SMILES string of the molecule is O=C(NCc1cc(F)cc(Cl)c1)C1(O)CCN(C[C@H]2CC[C@H](C(=O)O)CC2)C1=O. The number of nitrogens with one attached hydrogen (secondary N) is 1. The number of benzene rings is 1. The second-order valence-electron chi connectivity index (χ2n) is 7.88. The average Bonchev–Trinajstić information content (AvgIpc) is 2.95. The molecule has 9 heteroatoms. The summed E-state index contributed by atoms with van der Waals surface area (Å²) in [6, 6.07) is 3.85. The van der Waals surface area contributed by atoms with E-state index in [0.29, 0.717) is 37.8 Å². The van der Waals surface area contributed by atoms with Crippen LogP contribution in [0, 0.1) is 17.7 Å². The summed E-state index contributed by atoms with van der Waals surface area (Å²) in [6.45, 7) is 0.596. The van der Waals surface area contributed by atoms with Crippen molar-refractivity contribution in [3.63, 3.8) is 0 Å². The van der Waals surface area contributed by atoms with Crippen LogP contribution in [0.3, 0.4) is 0 Å². The molecule has 0 bridgehead atoms. The Morgan fingerprint density at radius 2 is 1.93 bits per heavy atom. The van der Waals surface area contributed by atoms with Gasteiger partial charge < -0.3 is 20.4 Å². The lowest BCUT2D eigenvalue weighted by molar-refractivity contribution is -0.155. The van der Waals surface area contributed by atoms with Crippen LogP contribution in [-0.4, -0.2) is 51.6 Å². The fourth-order valence-electron chi connectivity index (χ4n) is 4.10. The second kappa shape index (κ2) is 8.67. The summed E-state index contributed by atoms with van der Waals surface area (Å²) in [5, 5.41) is 22.4. The van der Waals surface area contributed by atoms with E-state index in [1.54, 1.807) is 0 Å². The van der Waals surface area contributed by atoms with Crippen LogP contribution >= 0.6 is 11.6 Å². The number of aliphatic carboxylic acids is 1. The molecule has 1 heterocycles. The van der Waals surface area contributed by atoms with Crippen molar-refractivity contribution in [3.05, 3.63) is 34.6 Å². The molecular formula is C20H24ClFN2O5. The van der Waals surface area contributed by atoms with E-state index in [4.69, 9.17) is 16.7 Å². The summed E-state index contributed by atoms with van der Waals surface area (Å²) in [4.78, 5) is 37.7. The van der Waals surface area contributed by atoms with E-state index >= 15 is 0 Å². The summed E-state index contributed by atoms with van der Waals surface area (Å²) in [7, 11) is 0. The highest BCUT2D eigenvalue weighted by Gasteiger charge is 2.51. The monoisotopic (exact) mass is 426 g/mol. The van der Waals surface area contributed by atoms with Crippen LogP contribution in [0.5, 0.6) is 0 Å². The predicted molar refractivity (Wildman–Crippen MR) is 102 cm³/mol. The smallest absolute Gasteiger partial charge is 0.306 e. The van der Waals surface area contributed by atoms with E-state index in [2.05, 4.69) is 5.32 Å². The number of hydrogen-bond donors (Lipinski definition) is 3. The number of aliphatic hydroxyl groups is 1. The Morgan fingerprint density at radius 3 is 2.55 bits per heavy atom. The Morgan fingerprint density at radius 1 is 1.24 bits per heavy atom. The lowest BCUT2D eigenvalue weighted by Gasteiger charge is -2.30. The van der Waals surface area contributed by atoms with Gasteiger partial charge in [0.2, 0.25) is 5.60 Å². The first-order valence-electron chi connectivity index (χ1n) is 9.67. The van der Waals surface area contributed by atoms with Crippen molar-refractivity contribution in [1.82, 2.24) is 10.2 Å². The Hall–Kier alpha value is -2.19. The molecule has 1 saturated heterocycles. The van der Waals surface area contributed by atoms with Gasteiger partial charge in [0.05, 0.1) is 5.92 Å². The zero-order valence-corrected chi connectivity index (χ0v) is 16.6. The molecular weight excluding hydrogens is 403 g/mol. The van der Waals surface area contributed by atoms with Gasteiger partial charge in [0.1, 0.15) is 5.82 Å². The molecule has 0 radical (unpaired) electrons. The number of carbonyl (C=O) groups is 3. The molecule has 7 nitrogen and oxygen atoms in total. The number of carboxylic acids is 1. The molecule has 1 aromatic rings. The minimum Gasteiger partial charge on any atom is -0.481 e. The minimum atomic E-state index is -2.14. The van der Waals surface area contributed by atoms with Gasteiger partial charge in [0, 0.05) is 31.1 Å². The van der Waals surface area contributed by atoms with E-state index in [1.165, 1.54) is 17.0 Å². The normalized spacial score (nSPS) is 27.1. The number of likely N-dealkylation sites (tertiary alicyclic amines) is 1. The zero-order valence-electron chi connectivity index (χ0n) is 15.9. The van der Waals surface area contributed by atoms with E-state index in [-0.39, 0.29) is 36.4 Å². The standard InChI is InChI=1S/C20H24ClFN2O5/c21-15-7-13(8-16(22)9-15)10-23-18(27)20(29)5-6-24(19(20)28)11-12-1-3-14(4-2-12)17(25)26/h7-9,12,14,29H,1-6,10-11H2,(H,23,27)(H,25,26)/t12-,14-,20?. The number of nitrogens with zero attached hydrogens (tertiary/aromatic N) is 1. The third kappa shape index (κ3) is 4.87. The zero-order chi connectivity index (χ0) is 21.2. The fourth-order valence-corrected chi connectivity index (χ4v) is 4.34. The lowest BCUT2D eigenvalue weighted by atomic mass is 9.82. The Balaban J connectivity index is 1.54. The van der Waals surface area contributed by atoms with Crippen molar-refractivity contribution in [3.8, 4) is 0 Å². The molecule has 158 valence electrons. The predicted octanol–water partition coefficient (Wildman–Crippen LogP) is 1.95. The Bertz CT molecular complexity index is 792. The second-order valence-corrected chi connectivity index (χ2v) is 8.31. The molecule has 0 aromatic heterocycles. The summed E-state index contributed by atoms with van der Waals surface area (Å²) < 4.78 is 13.4. The highest BCUT2D eigenvalue weighted by molar-refractivity contribution is 6.30. The first kappa shape index (κ1) is 21.5. The number of carbonyl (C=O) groups excluding carboxylic acids is 2. The van der Waals surface area contributed by atoms with Gasteiger partial charge in [-0.15, -0.1) is 0 Å². The maximum absolute atomic E-state index is 13.4. The maximum atomic E-state index is 13.4. The van der Waals surface area contributed by atoms with Crippen molar-refractivity contribution >= 4 is 29.4 Å². The largest absolute Gasteiger partial charge is 0.481 e. The number of hydrogen-bond acceptors (Lipinski definition) is 4. The quantitative estimate of drug-likeness (QED) is 0.603. The van der Waals surface area contributed by atoms with Crippen LogP contribution in [0.1, 0.15) is 37.7 Å². The average molecular weight is 427 g/mol. The fraction of sp³-hybridized carbons (Fsp3) is 0.550. The number of halogens is 2. The van der Waals surface area contributed by atoms with Crippen LogP contribution in [0.25, 0.3) is 0 Å². The van der Waals surface area contributed by atoms with Gasteiger partial charge in [-0.05, 0) is 55.4 Å². The van der Waals surface area contributed by atoms with Crippen molar-refractivity contribution in [1.29, 1.82) is 0 Å². The van der Waals surface area contributed by atoms with E-state index in [1.807, 2.05) is 0 Å². The summed E-state index contributed by atoms with van der Waals surface area (Å²) in [6.07, 6.45) is 2.52. The maximum Gasteiger partial charge on any atom is 0.306 e. The minimum absolute atomic E-state index is 0.0218. The third-order valence-corrected chi connectivity index (χ3v) is 6.03. The van der Waals surface area contributed by atoms with Crippen molar-refractivity contribution < 1.29 is 29.0 Å². The van der Waals surface area contributed by atoms with Crippen LogP contribution in [0.15, 0.2) is 18.2 Å². The topological polar surface area (TPSA) is 107 Å². The number of rotatable bonds is 6. The highest BCUT2D eigenvalue weighted by atomic mass is 35.5. The molecule has 1 aliphatic carbocycles. The molecule has 2 fully saturated rings. The lowest BCUT2D eigenvalue weighted by Crippen LogP contribution is -2.52. The van der Waals surface area contributed by atoms with Crippen molar-refractivity contribution in [2.24, 2.45) is 11.8 Å². The van der Waals surface area contributed by atoms with Crippen LogP contribution in [0.2, 0.25) is 5.02 Å². The van der Waals surface area contributed by atoms with Crippen molar-refractivity contribution in [2.75, 3.05) is 13.1 Å². The van der Waals surface area contributed by atoms with Crippen molar-refractivity contribution in [2.45, 2.75) is 44.2 Å². The van der Waals surface area contributed by atoms with Gasteiger partial charge in [-0.1, -0.05) is 11.6 Å². The van der Waals surface area contributed by atoms with Crippen LogP contribution in [-0.2, 0) is 20.9 Å². The molecule has 1 saturated carbocycles. The van der Waals surface area contributed by atoms with Gasteiger partial charge in [-0.3, -0.25) is 14.4 Å². The van der Waals surface area contributed by atoms with E-state index in [9.17, 15) is 23.9 Å². The molecule has 2 amide bonds. The Labute approximate surface area is 172 Å². The summed E-state index contributed by atoms with van der Waals surface area (Å²) in [5.74, 6) is -2.96. The number of carboxylic acid groups (broad SMARTS) is 1. The molecule has 0 spiro atoms. The molecule has 1 unspecified atom stereocenters. The van der Waals surface area contributed by atoms with Crippen LogP contribution in [0.4, 0.5) is 4.39 Å². The molecule has 1 aliphatic heterocycles. The molecule has 3 rings (SSSR count). The first-order chi connectivity index (χ1) is 13.7. The van der Waals surface area contributed by atoms with E-state index < -0.39 is 29.2 Å². The van der Waals surface area contributed by atoms with Gasteiger partial charge in [-0.25, -0.2) is 4.39 Å². The molecule has 1 aromatic carbocycles. The molecule has 1 atom stereocenters. The van der Waals surface area contributed by atoms with E-state index in [0.717, 1.165) is 6.07 Å². The first-order valence-corrected chi connectivity index (χ1v) is 10.0. The molecule has 2 aliphatic rings. The van der Waals surface area contributed by atoms with Gasteiger partial charge >= 0.3 is 5.97 Å². The molecule has 3 N–H and O–H groups in total.